The molecule has 0 aromatic carbocycles. The van der Waals surface area contributed by atoms with Gasteiger partial charge in [-0.1, -0.05) is 11.6 Å². The fourth-order valence-electron chi connectivity index (χ4n) is 3.78. The second-order valence-electron chi connectivity index (χ2n) is 6.42. The molecule has 2 aliphatic heterocycles. The van der Waals surface area contributed by atoms with Gasteiger partial charge in [-0.3, -0.25) is 4.90 Å². The monoisotopic (exact) mass is 434 g/mol. The number of aromatic hydroxyl groups is 1. The first-order chi connectivity index (χ1) is 11.9. The molecule has 0 saturated carbocycles. The number of pyridine rings is 1. The lowest BCUT2D eigenvalue weighted by atomic mass is 9.95. The topological polar surface area (TPSA) is 71.4 Å². The normalized spacial score (nSPS) is 26.3. The highest BCUT2D eigenvalue weighted by molar-refractivity contribution is 9.10. The van der Waals surface area contributed by atoms with Crippen LogP contribution in [0.5, 0.6) is 11.9 Å². The smallest absolute Gasteiger partial charge is 0.320 e. The van der Waals surface area contributed by atoms with Gasteiger partial charge < -0.3 is 9.84 Å². The Morgan fingerprint density at radius 2 is 2.20 bits per heavy atom. The third-order valence-electron chi connectivity index (χ3n) is 4.89. The predicted molar refractivity (Wildman–Crippen MR) is 90.2 cm³/mol. The average molecular weight is 436 g/mol. The van der Waals surface area contributed by atoms with Crippen molar-refractivity contribution in [3.05, 3.63) is 15.6 Å². The van der Waals surface area contributed by atoms with E-state index in [0.29, 0.717) is 13.0 Å². The van der Waals surface area contributed by atoms with Crippen molar-refractivity contribution in [2.75, 3.05) is 19.7 Å². The van der Waals surface area contributed by atoms with Crippen molar-refractivity contribution in [3.63, 3.8) is 0 Å². The molecule has 4 rings (SSSR count). The molecule has 2 fully saturated rings. The Bertz CT molecular complexity index is 858. The molecular weight excluding hydrogens is 422 g/mol. The molecule has 0 bridgehead atoms. The van der Waals surface area contributed by atoms with Crippen molar-refractivity contribution in [3.8, 4) is 11.9 Å². The summed E-state index contributed by atoms with van der Waals surface area (Å²) in [4.78, 5) is 13.7. The predicted octanol–water partition coefficient (Wildman–Crippen LogP) is 3.24. The molecule has 0 aliphatic carbocycles. The van der Waals surface area contributed by atoms with Gasteiger partial charge in [-0.25, -0.2) is 13.8 Å². The largest absolute Gasteiger partial charge is 0.493 e. The highest BCUT2D eigenvalue weighted by Crippen LogP contribution is 2.40. The van der Waals surface area contributed by atoms with Crippen LogP contribution in [0.4, 0.5) is 8.78 Å². The van der Waals surface area contributed by atoms with Crippen LogP contribution in [0.2, 0.25) is 5.15 Å². The van der Waals surface area contributed by atoms with E-state index in [0.717, 1.165) is 19.4 Å². The van der Waals surface area contributed by atoms with E-state index in [2.05, 4.69) is 35.8 Å². The van der Waals surface area contributed by atoms with Gasteiger partial charge >= 0.3 is 6.01 Å². The first-order valence-corrected chi connectivity index (χ1v) is 9.00. The summed E-state index contributed by atoms with van der Waals surface area (Å²) < 4.78 is 33.8. The van der Waals surface area contributed by atoms with E-state index in [-0.39, 0.29) is 38.8 Å². The number of halogens is 4. The number of hydrogen-bond acceptors (Lipinski definition) is 6. The van der Waals surface area contributed by atoms with Gasteiger partial charge in [0.05, 0.1) is 10.9 Å². The molecule has 0 unspecified atom stereocenters. The van der Waals surface area contributed by atoms with E-state index in [4.69, 9.17) is 16.3 Å². The number of aromatic nitrogens is 3. The fourth-order valence-corrected chi connectivity index (χ4v) is 4.60. The highest BCUT2D eigenvalue weighted by Gasteiger charge is 2.49. The minimum Gasteiger partial charge on any atom is -0.493 e. The Labute approximate surface area is 155 Å². The summed E-state index contributed by atoms with van der Waals surface area (Å²) in [6.07, 6.45) is 1.31. The minimum absolute atomic E-state index is 0.0135. The maximum atomic E-state index is 14.2. The fraction of sp³-hybridized carbons (Fsp3) is 0.533. The van der Waals surface area contributed by atoms with Gasteiger partial charge in [0.15, 0.2) is 11.0 Å². The lowest BCUT2D eigenvalue weighted by molar-refractivity contribution is 0.107. The number of rotatable bonds is 3. The Morgan fingerprint density at radius 3 is 3.00 bits per heavy atom. The van der Waals surface area contributed by atoms with Crippen molar-refractivity contribution in [1.82, 2.24) is 19.9 Å². The quantitative estimate of drug-likeness (QED) is 0.747. The molecule has 10 heteroatoms. The third kappa shape index (κ3) is 2.82. The number of hydrogen-bond donors (Lipinski definition) is 1. The Balaban J connectivity index is 1.65. The zero-order valence-corrected chi connectivity index (χ0v) is 15.3. The second kappa shape index (κ2) is 6.14. The van der Waals surface area contributed by atoms with Crippen molar-refractivity contribution in [2.24, 2.45) is 0 Å². The summed E-state index contributed by atoms with van der Waals surface area (Å²) in [6, 6.07) is -0.179. The Morgan fingerprint density at radius 1 is 1.40 bits per heavy atom. The lowest BCUT2D eigenvalue weighted by Crippen LogP contribution is -2.43. The molecule has 25 heavy (non-hydrogen) atoms. The molecule has 2 atom stereocenters. The Kier molecular flexibility index (Phi) is 4.20. The van der Waals surface area contributed by atoms with E-state index in [1.165, 1.54) is 0 Å². The Hall–Kier alpha value is -1.32. The maximum Gasteiger partial charge on any atom is 0.320 e. The van der Waals surface area contributed by atoms with Crippen molar-refractivity contribution >= 4 is 38.4 Å². The zero-order valence-electron chi connectivity index (χ0n) is 13.0. The zero-order chi connectivity index (χ0) is 17.8. The number of nitrogens with zero attached hydrogens (tertiary/aromatic N) is 4. The van der Waals surface area contributed by atoms with Crippen molar-refractivity contribution in [2.45, 2.75) is 31.0 Å². The van der Waals surface area contributed by atoms with Crippen molar-refractivity contribution < 1.29 is 18.6 Å². The molecule has 4 heterocycles. The van der Waals surface area contributed by atoms with Crippen LogP contribution in [0, 0.1) is 5.82 Å². The molecule has 2 aromatic rings. The van der Waals surface area contributed by atoms with Crippen LogP contribution in [-0.2, 0) is 0 Å². The lowest BCUT2D eigenvalue weighted by Gasteiger charge is -2.30. The van der Waals surface area contributed by atoms with Crippen LogP contribution in [0.15, 0.2) is 4.60 Å². The summed E-state index contributed by atoms with van der Waals surface area (Å²) in [5.74, 6) is -1.33. The van der Waals surface area contributed by atoms with Gasteiger partial charge in [0.1, 0.15) is 22.9 Å². The average Bonchev–Trinajstić information content (AvgIpc) is 3.06. The van der Waals surface area contributed by atoms with Crippen LogP contribution >= 0.6 is 27.5 Å². The molecule has 6 nitrogen and oxygen atoms in total. The first kappa shape index (κ1) is 17.1. The number of ether oxygens (including phenoxy) is 1. The highest BCUT2D eigenvalue weighted by atomic mass is 79.9. The summed E-state index contributed by atoms with van der Waals surface area (Å²) in [7, 11) is 0. The van der Waals surface area contributed by atoms with Gasteiger partial charge in [-0.15, -0.1) is 0 Å². The summed E-state index contributed by atoms with van der Waals surface area (Å²) in [5.41, 5.74) is -0.576. The van der Waals surface area contributed by atoms with E-state index in [1.54, 1.807) is 0 Å². The van der Waals surface area contributed by atoms with Gasteiger partial charge in [0.2, 0.25) is 5.88 Å². The molecule has 2 saturated heterocycles. The van der Waals surface area contributed by atoms with Gasteiger partial charge in [0, 0.05) is 13.0 Å². The summed E-state index contributed by atoms with van der Waals surface area (Å²) in [6.45, 7) is 1.41. The van der Waals surface area contributed by atoms with E-state index >= 15 is 0 Å². The third-order valence-corrected chi connectivity index (χ3v) is 5.72. The first-order valence-electron chi connectivity index (χ1n) is 7.83. The van der Waals surface area contributed by atoms with Crippen LogP contribution in [0.25, 0.3) is 10.9 Å². The van der Waals surface area contributed by atoms with Gasteiger partial charge in [0.25, 0.3) is 0 Å². The van der Waals surface area contributed by atoms with Crippen molar-refractivity contribution in [1.29, 1.82) is 0 Å². The second-order valence-corrected chi connectivity index (χ2v) is 7.53. The van der Waals surface area contributed by atoms with E-state index in [1.807, 2.05) is 0 Å². The van der Waals surface area contributed by atoms with Crippen LogP contribution in [0.3, 0.4) is 0 Å². The molecule has 0 radical (unpaired) electrons. The van der Waals surface area contributed by atoms with Gasteiger partial charge in [-0.05, 0) is 35.3 Å². The van der Waals surface area contributed by atoms with E-state index < -0.39 is 17.9 Å². The van der Waals surface area contributed by atoms with Crippen LogP contribution in [0.1, 0.15) is 19.3 Å². The number of fused-ring (bicyclic) bond motifs is 2. The van der Waals surface area contributed by atoms with Crippen LogP contribution < -0.4 is 4.74 Å². The standard InChI is InChI=1S/C15H14BrClF2N4O2/c16-11-8-10(9(19)12(17)21-11)20-14(22-13(8)24)25-6-15-2-1-3-23(15)5-7(18)4-15/h7H,1-6H2,(H,20,22,24)/t7-,15+/m1/s1. The molecule has 0 amide bonds. The van der Waals surface area contributed by atoms with Gasteiger partial charge in [-0.2, -0.15) is 9.97 Å². The molecule has 2 aliphatic rings. The molecular formula is C15H14BrClF2N4O2. The summed E-state index contributed by atoms with van der Waals surface area (Å²) in [5, 5.41) is 9.73. The SMILES string of the molecule is Oc1nc(OC[C@@]23CCCN2C[C@H](F)C3)nc2c(F)c(Cl)nc(Br)c12. The number of alkyl halides is 1. The molecule has 1 N–H and O–H groups in total. The van der Waals surface area contributed by atoms with Crippen LogP contribution in [-0.4, -0.2) is 56.4 Å². The molecule has 134 valence electrons. The van der Waals surface area contributed by atoms with E-state index in [9.17, 15) is 13.9 Å². The molecule has 0 spiro atoms. The molecule has 2 aromatic heterocycles. The maximum absolute atomic E-state index is 14.2. The summed E-state index contributed by atoms with van der Waals surface area (Å²) >= 11 is 8.82. The minimum atomic E-state index is -0.881.